The zero-order valence-electron chi connectivity index (χ0n) is 5.63. The maximum atomic E-state index is 9.97. The largest absolute Gasteiger partial charge is 0.291 e. The molecule has 0 aromatic heterocycles. The summed E-state index contributed by atoms with van der Waals surface area (Å²) in [5, 5.41) is 0. The van der Waals surface area contributed by atoms with Gasteiger partial charge in [0.15, 0.2) is 0 Å². The molecule has 0 spiro atoms. The Kier molecular flexibility index (Phi) is 2.21. The third-order valence-electron chi connectivity index (χ3n) is 1.38. The van der Waals surface area contributed by atoms with Crippen molar-refractivity contribution in [3.8, 4) is 0 Å². The summed E-state index contributed by atoms with van der Waals surface area (Å²) in [7, 11) is 0. The average Bonchev–Trinajstić information content (AvgIpc) is 1.94. The van der Waals surface area contributed by atoms with Crippen molar-refractivity contribution < 1.29 is 4.79 Å². The van der Waals surface area contributed by atoms with E-state index in [2.05, 4.69) is 6.92 Å². The van der Waals surface area contributed by atoms with Crippen molar-refractivity contribution in [3.63, 3.8) is 0 Å². The molecule has 1 aromatic rings. The van der Waals surface area contributed by atoms with Gasteiger partial charge in [0.25, 0.3) is 0 Å². The lowest BCUT2D eigenvalue weighted by molar-refractivity contribution is 0.555. The van der Waals surface area contributed by atoms with Crippen LogP contribution in [0.2, 0.25) is 0 Å². The zero-order valence-corrected chi connectivity index (χ0v) is 5.63. The predicted molar refractivity (Wildman–Crippen MR) is 40.3 cm³/mol. The van der Waals surface area contributed by atoms with Gasteiger partial charge >= 0.3 is 0 Å². The molecular weight excluding hydrogens is 124 g/mol. The van der Waals surface area contributed by atoms with Gasteiger partial charge in [0.2, 0.25) is 6.29 Å². The van der Waals surface area contributed by atoms with Crippen LogP contribution in [0.15, 0.2) is 24.3 Å². The normalized spacial score (nSPS) is 9.30. The van der Waals surface area contributed by atoms with E-state index in [0.29, 0.717) is 6.42 Å². The van der Waals surface area contributed by atoms with Crippen LogP contribution in [-0.4, -0.2) is 6.29 Å². The van der Waals surface area contributed by atoms with Crippen LogP contribution in [0.5, 0.6) is 0 Å². The summed E-state index contributed by atoms with van der Waals surface area (Å²) in [5.74, 6) is 0. The van der Waals surface area contributed by atoms with Crippen LogP contribution in [0.3, 0.4) is 0 Å². The number of hydrogen-bond acceptors (Lipinski definition) is 1. The van der Waals surface area contributed by atoms with Crippen LogP contribution in [0.25, 0.3) is 0 Å². The minimum atomic E-state index is 0.347. The Morgan fingerprint density at radius 1 is 1.40 bits per heavy atom. The fraction of sp³-hybridized carbons (Fsp3) is 0.111. The summed E-state index contributed by atoms with van der Waals surface area (Å²) >= 11 is 0. The van der Waals surface area contributed by atoms with Crippen LogP contribution < -0.4 is 0 Å². The minimum absolute atomic E-state index is 0.347. The second-order valence-electron chi connectivity index (χ2n) is 2.09. The lowest BCUT2D eigenvalue weighted by atomic mass is 10.1. The third-order valence-corrected chi connectivity index (χ3v) is 1.38. The molecule has 1 aromatic carbocycles. The van der Waals surface area contributed by atoms with E-state index in [-0.39, 0.29) is 0 Å². The Balaban J connectivity index is 2.91. The molecule has 0 N–H and O–H groups in total. The molecule has 1 rings (SSSR count). The van der Waals surface area contributed by atoms with Gasteiger partial charge in [-0.2, -0.15) is 0 Å². The quantitative estimate of drug-likeness (QED) is 0.596. The standard InChI is InChI=1S/C9H8O/c1-8-4-2-3-5-9(8)6-7-10/h2-5H,1,6H2. The van der Waals surface area contributed by atoms with Crippen molar-refractivity contribution in [2.45, 2.75) is 6.42 Å². The first-order valence-electron chi connectivity index (χ1n) is 3.09. The highest BCUT2D eigenvalue weighted by molar-refractivity contribution is 5.57. The van der Waals surface area contributed by atoms with Crippen LogP contribution in [-0.2, 0) is 11.2 Å². The third kappa shape index (κ3) is 1.44. The van der Waals surface area contributed by atoms with E-state index in [1.807, 2.05) is 30.6 Å². The minimum Gasteiger partial charge on any atom is -0.291 e. The van der Waals surface area contributed by atoms with Gasteiger partial charge in [-0.3, -0.25) is 4.79 Å². The highest BCUT2D eigenvalue weighted by Crippen LogP contribution is 2.05. The molecular formula is C9H8O. The highest BCUT2D eigenvalue weighted by Gasteiger charge is 1.93. The molecule has 1 heteroatoms. The predicted octanol–water partition coefficient (Wildman–Crippen LogP) is 1.52. The molecule has 0 aliphatic heterocycles. The molecule has 2 radical (unpaired) electrons. The van der Waals surface area contributed by atoms with Crippen molar-refractivity contribution in [1.82, 2.24) is 0 Å². The SMILES string of the molecule is [CH2]c1ccccc1C[C]=O. The highest BCUT2D eigenvalue weighted by atomic mass is 16.1. The van der Waals surface area contributed by atoms with Gasteiger partial charge in [-0.05, 0) is 18.1 Å². The Bertz CT molecular complexity index is 228. The van der Waals surface area contributed by atoms with Crippen LogP contribution in [0.4, 0.5) is 0 Å². The topological polar surface area (TPSA) is 17.1 Å². The first-order valence-corrected chi connectivity index (χ1v) is 3.09. The van der Waals surface area contributed by atoms with E-state index >= 15 is 0 Å². The summed E-state index contributed by atoms with van der Waals surface area (Å²) < 4.78 is 0. The van der Waals surface area contributed by atoms with E-state index in [4.69, 9.17) is 0 Å². The Hall–Kier alpha value is -1.11. The smallest absolute Gasteiger partial charge is 0.203 e. The first kappa shape index (κ1) is 7.00. The Labute approximate surface area is 60.7 Å². The monoisotopic (exact) mass is 132 g/mol. The van der Waals surface area contributed by atoms with E-state index in [0.717, 1.165) is 11.1 Å². The van der Waals surface area contributed by atoms with Crippen molar-refractivity contribution in [1.29, 1.82) is 0 Å². The van der Waals surface area contributed by atoms with Crippen molar-refractivity contribution in [3.05, 3.63) is 42.3 Å². The van der Waals surface area contributed by atoms with E-state index < -0.39 is 0 Å². The average molecular weight is 132 g/mol. The molecule has 0 amide bonds. The second-order valence-corrected chi connectivity index (χ2v) is 2.09. The number of rotatable bonds is 2. The Morgan fingerprint density at radius 2 is 2.10 bits per heavy atom. The lowest BCUT2D eigenvalue weighted by Gasteiger charge is -1.97. The fourth-order valence-corrected chi connectivity index (χ4v) is 0.808. The van der Waals surface area contributed by atoms with E-state index in [9.17, 15) is 4.79 Å². The maximum absolute atomic E-state index is 9.97. The molecule has 0 aliphatic rings. The molecule has 0 fully saturated rings. The first-order chi connectivity index (χ1) is 4.84. The molecule has 0 heterocycles. The second kappa shape index (κ2) is 3.16. The summed E-state index contributed by atoms with van der Waals surface area (Å²) in [4.78, 5) is 9.97. The molecule has 0 aliphatic carbocycles. The molecule has 10 heavy (non-hydrogen) atoms. The molecule has 0 saturated heterocycles. The summed E-state index contributed by atoms with van der Waals surface area (Å²) in [5.41, 5.74) is 1.86. The van der Waals surface area contributed by atoms with Crippen molar-refractivity contribution >= 4 is 6.29 Å². The van der Waals surface area contributed by atoms with Crippen molar-refractivity contribution in [2.24, 2.45) is 0 Å². The maximum Gasteiger partial charge on any atom is 0.203 e. The molecule has 0 saturated carbocycles. The van der Waals surface area contributed by atoms with Crippen LogP contribution in [0, 0.1) is 6.92 Å². The van der Waals surface area contributed by atoms with Gasteiger partial charge in [0, 0.05) is 6.42 Å². The lowest BCUT2D eigenvalue weighted by Crippen LogP contribution is -1.88. The molecule has 0 bridgehead atoms. The summed E-state index contributed by atoms with van der Waals surface area (Å²) in [6, 6.07) is 7.55. The van der Waals surface area contributed by atoms with Gasteiger partial charge in [-0.1, -0.05) is 24.3 Å². The zero-order chi connectivity index (χ0) is 7.40. The molecule has 1 nitrogen and oxygen atoms in total. The van der Waals surface area contributed by atoms with Crippen LogP contribution >= 0.6 is 0 Å². The van der Waals surface area contributed by atoms with E-state index in [1.165, 1.54) is 0 Å². The van der Waals surface area contributed by atoms with Gasteiger partial charge < -0.3 is 0 Å². The van der Waals surface area contributed by atoms with Gasteiger partial charge in [0.1, 0.15) is 0 Å². The number of carbonyl (C=O) groups excluding carboxylic acids is 1. The molecule has 50 valence electrons. The Morgan fingerprint density at radius 3 is 2.70 bits per heavy atom. The van der Waals surface area contributed by atoms with Gasteiger partial charge in [0.05, 0.1) is 0 Å². The molecule has 0 atom stereocenters. The van der Waals surface area contributed by atoms with Crippen LogP contribution in [0.1, 0.15) is 11.1 Å². The van der Waals surface area contributed by atoms with E-state index in [1.54, 1.807) is 0 Å². The summed E-state index contributed by atoms with van der Waals surface area (Å²) in [6.45, 7) is 3.76. The number of hydrogen-bond donors (Lipinski definition) is 0. The van der Waals surface area contributed by atoms with Gasteiger partial charge in [-0.25, -0.2) is 0 Å². The van der Waals surface area contributed by atoms with Gasteiger partial charge in [-0.15, -0.1) is 0 Å². The fourth-order valence-electron chi connectivity index (χ4n) is 0.808. The van der Waals surface area contributed by atoms with Crippen molar-refractivity contribution in [2.75, 3.05) is 0 Å². The molecule has 0 unspecified atom stereocenters. The number of benzene rings is 1. The summed E-state index contributed by atoms with van der Waals surface area (Å²) in [6.07, 6.45) is 2.18.